The highest BCUT2D eigenvalue weighted by Crippen LogP contribution is 2.18. The summed E-state index contributed by atoms with van der Waals surface area (Å²) in [5, 5.41) is 2.88. The maximum Gasteiger partial charge on any atom is 0.321 e. The third-order valence-electron chi connectivity index (χ3n) is 3.41. The van der Waals surface area contributed by atoms with Gasteiger partial charge >= 0.3 is 6.03 Å². The molecular formula is C16H24N2O3. The lowest BCUT2D eigenvalue weighted by atomic mass is 10.2. The third-order valence-corrected chi connectivity index (χ3v) is 3.41. The molecular weight excluding hydrogens is 268 g/mol. The van der Waals surface area contributed by atoms with E-state index in [9.17, 15) is 4.79 Å². The molecule has 116 valence electrons. The molecule has 2 amide bonds. The first-order valence-corrected chi connectivity index (χ1v) is 7.55. The summed E-state index contributed by atoms with van der Waals surface area (Å²) in [7, 11) is 1.79. The largest absolute Gasteiger partial charge is 0.494 e. The Hall–Kier alpha value is -1.75. The van der Waals surface area contributed by atoms with Crippen LogP contribution < -0.4 is 10.1 Å². The fraction of sp³-hybridized carbons (Fsp3) is 0.562. The lowest BCUT2D eigenvalue weighted by Gasteiger charge is -2.21. The van der Waals surface area contributed by atoms with Crippen molar-refractivity contribution in [2.24, 2.45) is 0 Å². The highest BCUT2D eigenvalue weighted by molar-refractivity contribution is 5.89. The zero-order chi connectivity index (χ0) is 15.1. The fourth-order valence-corrected chi connectivity index (χ4v) is 2.28. The molecule has 1 aliphatic rings. The SMILES string of the molecule is CCCOc1cccc(NC(=O)N(C)CC2CCCO2)c1. The molecule has 0 bridgehead atoms. The Balaban J connectivity index is 1.85. The molecule has 0 aromatic heterocycles. The first-order valence-electron chi connectivity index (χ1n) is 7.55. The summed E-state index contributed by atoms with van der Waals surface area (Å²) in [6.07, 6.45) is 3.23. The number of benzene rings is 1. The molecule has 0 radical (unpaired) electrons. The van der Waals surface area contributed by atoms with Gasteiger partial charge in [-0.05, 0) is 31.4 Å². The third kappa shape index (κ3) is 4.93. The summed E-state index contributed by atoms with van der Waals surface area (Å²) in [5.41, 5.74) is 0.743. The standard InChI is InChI=1S/C16H24N2O3/c1-3-9-20-14-7-4-6-13(11-14)17-16(19)18(2)12-15-8-5-10-21-15/h4,6-7,11,15H,3,5,8-10,12H2,1-2H3,(H,17,19). The molecule has 1 heterocycles. The van der Waals surface area contributed by atoms with E-state index >= 15 is 0 Å². The Morgan fingerprint density at radius 2 is 2.38 bits per heavy atom. The maximum atomic E-state index is 12.1. The molecule has 1 atom stereocenters. The molecule has 1 aromatic carbocycles. The van der Waals surface area contributed by atoms with E-state index in [1.165, 1.54) is 0 Å². The lowest BCUT2D eigenvalue weighted by molar-refractivity contribution is 0.0894. The minimum atomic E-state index is -0.127. The van der Waals surface area contributed by atoms with Crippen LogP contribution in [0.15, 0.2) is 24.3 Å². The van der Waals surface area contributed by atoms with E-state index in [0.717, 1.165) is 37.3 Å². The van der Waals surface area contributed by atoms with Crippen molar-refractivity contribution in [3.63, 3.8) is 0 Å². The van der Waals surface area contributed by atoms with Gasteiger partial charge in [-0.25, -0.2) is 4.79 Å². The van der Waals surface area contributed by atoms with Crippen LogP contribution in [0.3, 0.4) is 0 Å². The summed E-state index contributed by atoms with van der Waals surface area (Å²) in [5.74, 6) is 0.774. The number of carbonyl (C=O) groups excluding carboxylic acids is 1. The first-order chi connectivity index (χ1) is 10.2. The van der Waals surface area contributed by atoms with Crippen molar-refractivity contribution in [2.45, 2.75) is 32.3 Å². The molecule has 0 spiro atoms. The first kappa shape index (κ1) is 15.6. The summed E-state index contributed by atoms with van der Waals surface area (Å²) in [6, 6.07) is 7.34. The summed E-state index contributed by atoms with van der Waals surface area (Å²) in [4.78, 5) is 13.8. The zero-order valence-electron chi connectivity index (χ0n) is 12.8. The van der Waals surface area contributed by atoms with Crippen LogP contribution in [0.1, 0.15) is 26.2 Å². The minimum absolute atomic E-state index is 0.127. The second-order valence-electron chi connectivity index (χ2n) is 5.32. The van der Waals surface area contributed by atoms with Crippen molar-refractivity contribution >= 4 is 11.7 Å². The average Bonchev–Trinajstić information content (AvgIpc) is 2.98. The summed E-state index contributed by atoms with van der Waals surface area (Å²) in [6.45, 7) is 4.16. The quantitative estimate of drug-likeness (QED) is 0.876. The fourth-order valence-electron chi connectivity index (χ4n) is 2.28. The molecule has 1 unspecified atom stereocenters. The molecule has 1 saturated heterocycles. The van der Waals surface area contributed by atoms with E-state index in [2.05, 4.69) is 12.2 Å². The van der Waals surface area contributed by atoms with Crippen LogP contribution in [-0.4, -0.2) is 43.8 Å². The molecule has 1 aliphatic heterocycles. The van der Waals surface area contributed by atoms with Gasteiger partial charge in [-0.15, -0.1) is 0 Å². The van der Waals surface area contributed by atoms with E-state index in [1.807, 2.05) is 24.3 Å². The van der Waals surface area contributed by atoms with Crippen LogP contribution in [0.25, 0.3) is 0 Å². The van der Waals surface area contributed by atoms with Gasteiger partial charge in [0.2, 0.25) is 0 Å². The Kier molecular flexibility index (Phi) is 5.87. The number of rotatable bonds is 6. The zero-order valence-corrected chi connectivity index (χ0v) is 12.8. The Bertz CT molecular complexity index is 459. The monoisotopic (exact) mass is 292 g/mol. The molecule has 1 fully saturated rings. The second kappa shape index (κ2) is 7.88. The van der Waals surface area contributed by atoms with Crippen LogP contribution in [0.5, 0.6) is 5.75 Å². The maximum absolute atomic E-state index is 12.1. The topological polar surface area (TPSA) is 50.8 Å². The van der Waals surface area contributed by atoms with Crippen molar-refractivity contribution in [1.82, 2.24) is 4.90 Å². The predicted molar refractivity (Wildman–Crippen MR) is 82.9 cm³/mol. The number of carbonyl (C=O) groups is 1. The normalized spacial score (nSPS) is 17.5. The lowest BCUT2D eigenvalue weighted by Crippen LogP contribution is -2.37. The van der Waals surface area contributed by atoms with Crippen molar-refractivity contribution in [3.05, 3.63) is 24.3 Å². The number of likely N-dealkylation sites (N-methyl/N-ethyl adjacent to an activating group) is 1. The van der Waals surface area contributed by atoms with Gasteiger partial charge in [0, 0.05) is 32.0 Å². The summed E-state index contributed by atoms with van der Waals surface area (Å²) < 4.78 is 11.1. The van der Waals surface area contributed by atoms with Gasteiger partial charge in [-0.2, -0.15) is 0 Å². The van der Waals surface area contributed by atoms with Crippen molar-refractivity contribution in [2.75, 3.05) is 32.1 Å². The highest BCUT2D eigenvalue weighted by Gasteiger charge is 2.20. The molecule has 1 N–H and O–H groups in total. The number of anilines is 1. The number of nitrogens with zero attached hydrogens (tertiary/aromatic N) is 1. The number of ether oxygens (including phenoxy) is 2. The van der Waals surface area contributed by atoms with E-state index in [-0.39, 0.29) is 12.1 Å². The molecule has 21 heavy (non-hydrogen) atoms. The molecule has 5 nitrogen and oxygen atoms in total. The number of hydrogen-bond donors (Lipinski definition) is 1. The number of nitrogens with one attached hydrogen (secondary N) is 1. The van der Waals surface area contributed by atoms with Crippen LogP contribution in [-0.2, 0) is 4.74 Å². The highest BCUT2D eigenvalue weighted by atomic mass is 16.5. The Morgan fingerprint density at radius 3 is 3.10 bits per heavy atom. The van der Waals surface area contributed by atoms with Crippen molar-refractivity contribution < 1.29 is 14.3 Å². The number of urea groups is 1. The van der Waals surface area contributed by atoms with Gasteiger partial charge in [-0.3, -0.25) is 0 Å². The molecule has 5 heteroatoms. The smallest absolute Gasteiger partial charge is 0.321 e. The Morgan fingerprint density at radius 1 is 1.52 bits per heavy atom. The van der Waals surface area contributed by atoms with Gasteiger partial charge < -0.3 is 19.7 Å². The summed E-state index contributed by atoms with van der Waals surface area (Å²) >= 11 is 0. The van der Waals surface area contributed by atoms with Gasteiger partial charge in [-0.1, -0.05) is 13.0 Å². The van der Waals surface area contributed by atoms with Crippen LogP contribution >= 0.6 is 0 Å². The number of hydrogen-bond acceptors (Lipinski definition) is 3. The van der Waals surface area contributed by atoms with Crippen LogP contribution in [0, 0.1) is 0 Å². The second-order valence-corrected chi connectivity index (χ2v) is 5.32. The molecule has 2 rings (SSSR count). The Labute approximate surface area is 126 Å². The van der Waals surface area contributed by atoms with Crippen molar-refractivity contribution in [3.8, 4) is 5.75 Å². The van der Waals surface area contributed by atoms with Gasteiger partial charge in [0.1, 0.15) is 5.75 Å². The van der Waals surface area contributed by atoms with E-state index < -0.39 is 0 Å². The van der Waals surface area contributed by atoms with Gasteiger partial charge in [0.25, 0.3) is 0 Å². The molecule has 1 aromatic rings. The average molecular weight is 292 g/mol. The molecule has 0 saturated carbocycles. The number of amides is 2. The van der Waals surface area contributed by atoms with Crippen LogP contribution in [0.4, 0.5) is 10.5 Å². The van der Waals surface area contributed by atoms with E-state index in [1.54, 1.807) is 11.9 Å². The van der Waals surface area contributed by atoms with E-state index in [4.69, 9.17) is 9.47 Å². The minimum Gasteiger partial charge on any atom is -0.494 e. The predicted octanol–water partition coefficient (Wildman–Crippen LogP) is 3.12. The van der Waals surface area contributed by atoms with Crippen LogP contribution in [0.2, 0.25) is 0 Å². The molecule has 0 aliphatic carbocycles. The van der Waals surface area contributed by atoms with Crippen molar-refractivity contribution in [1.29, 1.82) is 0 Å². The van der Waals surface area contributed by atoms with Gasteiger partial charge in [0.05, 0.1) is 12.7 Å². The van der Waals surface area contributed by atoms with E-state index in [0.29, 0.717) is 13.2 Å². The van der Waals surface area contributed by atoms with Gasteiger partial charge in [0.15, 0.2) is 0 Å².